The van der Waals surface area contributed by atoms with Crippen LogP contribution in [0.1, 0.15) is 154 Å². The Labute approximate surface area is 256 Å². The number of unbranched alkanes of at least 4 members (excludes halogenated alkanes) is 15. The van der Waals surface area contributed by atoms with Gasteiger partial charge in [0.15, 0.2) is 0 Å². The van der Waals surface area contributed by atoms with Gasteiger partial charge in [-0.1, -0.05) is 0 Å². The quantitative estimate of drug-likeness (QED) is 0.0583. The fourth-order valence-electron chi connectivity index (χ4n) is 6.47. The molecule has 1 rings (SSSR count). The summed E-state index contributed by atoms with van der Waals surface area (Å²) in [6.45, 7) is 10.6. The Morgan fingerprint density at radius 3 is 1.41 bits per heavy atom. The summed E-state index contributed by atoms with van der Waals surface area (Å²) in [5, 5.41) is -0.706. The molecule has 0 saturated carbocycles. The first-order chi connectivity index (χ1) is 19.8. The van der Waals surface area contributed by atoms with Gasteiger partial charge in [0.05, 0.1) is 0 Å². The molecule has 0 aromatic heterocycles. The first-order valence-electron chi connectivity index (χ1n) is 17.5. The first-order valence-corrected chi connectivity index (χ1v) is 21.8. The van der Waals surface area contributed by atoms with Crippen LogP contribution >= 0.6 is 7.26 Å². The molecule has 5 heteroatoms. The molecule has 0 amide bonds. The Hall–Kier alpha value is -0.700. The van der Waals surface area contributed by atoms with E-state index in [1.165, 1.54) is 134 Å². The maximum atomic E-state index is 12.6. The van der Waals surface area contributed by atoms with Gasteiger partial charge in [0.2, 0.25) is 0 Å². The molecule has 0 radical (unpaired) electrons. The predicted octanol–water partition coefficient (Wildman–Crippen LogP) is 11.3. The van der Waals surface area contributed by atoms with Crippen LogP contribution in [-0.2, 0) is 16.5 Å². The van der Waals surface area contributed by atoms with Gasteiger partial charge in [-0.2, -0.15) is 0 Å². The van der Waals surface area contributed by atoms with Crippen LogP contribution in [0.3, 0.4) is 0 Å². The minimum absolute atomic E-state index is 0.395. The zero-order valence-corrected chi connectivity index (χ0v) is 29.1. The van der Waals surface area contributed by atoms with Crippen LogP contribution in [-0.4, -0.2) is 42.9 Å². The van der Waals surface area contributed by atoms with Crippen LogP contribution < -0.4 is 0 Å². The summed E-state index contributed by atoms with van der Waals surface area (Å²) >= 11 is 0. The van der Waals surface area contributed by atoms with Gasteiger partial charge in [-0.05, 0) is 0 Å². The molecule has 1 aromatic rings. The molecular weight excluding hydrogens is 543 g/mol. The molecule has 1 atom stereocenters. The van der Waals surface area contributed by atoms with Crippen molar-refractivity contribution in [2.75, 3.05) is 24.6 Å². The van der Waals surface area contributed by atoms with Crippen molar-refractivity contribution in [3.63, 3.8) is 0 Å². The molecule has 1 N–H and O–H groups in total. The van der Waals surface area contributed by atoms with E-state index in [1.54, 1.807) is 6.08 Å². The monoisotopic (exact) mass is 610 g/mol. The van der Waals surface area contributed by atoms with Crippen molar-refractivity contribution in [3.8, 4) is 0 Å². The predicted molar refractivity (Wildman–Crippen MR) is 188 cm³/mol. The van der Waals surface area contributed by atoms with Gasteiger partial charge >= 0.3 is 257 Å². The first kappa shape index (κ1) is 38.3. The second-order valence-corrected chi connectivity index (χ2v) is 19.6. The fourth-order valence-corrected chi connectivity index (χ4v) is 13.0. The second kappa shape index (κ2) is 23.7. The van der Waals surface area contributed by atoms with Crippen molar-refractivity contribution in [1.29, 1.82) is 0 Å². The Balaban J connectivity index is 3.02. The second-order valence-electron chi connectivity index (χ2n) is 12.9. The van der Waals surface area contributed by atoms with Crippen molar-refractivity contribution < 1.29 is 13.0 Å². The fraction of sp³-hybridized carbons (Fsp3) is 0.778. The molecular formula is C36H67O3PS. The van der Waals surface area contributed by atoms with Gasteiger partial charge in [-0.15, -0.1) is 0 Å². The SMILES string of the molecule is C=Cc1ccc(CC(CC[PH](CCCCCCCC)(CCCCCCCC)CCCCCCCC)S(=O)(=O)O)cc1. The van der Waals surface area contributed by atoms with Crippen LogP contribution in [0.4, 0.5) is 0 Å². The van der Waals surface area contributed by atoms with E-state index < -0.39 is 22.6 Å². The Bertz CT molecular complexity index is 825. The van der Waals surface area contributed by atoms with Crippen molar-refractivity contribution >= 4 is 23.5 Å². The summed E-state index contributed by atoms with van der Waals surface area (Å²) in [7, 11) is -5.77. The molecule has 0 fully saturated rings. The summed E-state index contributed by atoms with van der Waals surface area (Å²) < 4.78 is 35.5. The zero-order valence-electron chi connectivity index (χ0n) is 27.3. The van der Waals surface area contributed by atoms with Gasteiger partial charge in [0.1, 0.15) is 0 Å². The normalized spacial score (nSPS) is 13.4. The summed E-state index contributed by atoms with van der Waals surface area (Å²) in [5.74, 6) is 0. The van der Waals surface area contributed by atoms with Crippen molar-refractivity contribution in [3.05, 3.63) is 42.0 Å². The van der Waals surface area contributed by atoms with Crippen LogP contribution in [0.5, 0.6) is 0 Å². The van der Waals surface area contributed by atoms with Crippen molar-refractivity contribution in [2.24, 2.45) is 0 Å². The van der Waals surface area contributed by atoms with Gasteiger partial charge in [0.25, 0.3) is 0 Å². The average molecular weight is 611 g/mol. The third-order valence-electron chi connectivity index (χ3n) is 9.28. The topological polar surface area (TPSA) is 54.4 Å². The molecule has 3 nitrogen and oxygen atoms in total. The van der Waals surface area contributed by atoms with E-state index in [-0.39, 0.29) is 0 Å². The van der Waals surface area contributed by atoms with E-state index in [4.69, 9.17) is 0 Å². The standard InChI is InChI=1S/C36H67O3PS/c1-5-9-12-15-18-21-29-40(30-22-19-16-13-10-6-2,31-23-20-17-14-11-7-3)32-28-36(41(37,38)39)33-35-26-24-34(8-4)25-27-35/h8,24-27,36,40H,4-7,9-23,28-33H2,1-3H3,(H,37,38,39). The molecule has 240 valence electrons. The third-order valence-corrected chi connectivity index (χ3v) is 16.1. The van der Waals surface area contributed by atoms with Gasteiger partial charge < -0.3 is 0 Å². The molecule has 0 spiro atoms. The average Bonchev–Trinajstić information content (AvgIpc) is 2.96. The Morgan fingerprint density at radius 1 is 0.659 bits per heavy atom. The summed E-state index contributed by atoms with van der Waals surface area (Å²) in [5.41, 5.74) is 2.01. The van der Waals surface area contributed by atoms with Gasteiger partial charge in [-0.3, -0.25) is 0 Å². The van der Waals surface area contributed by atoms with Crippen LogP contribution in [0, 0.1) is 0 Å². The summed E-state index contributed by atoms with van der Waals surface area (Å²) in [6, 6.07) is 7.95. The van der Waals surface area contributed by atoms with E-state index in [2.05, 4.69) is 27.4 Å². The molecule has 0 aliphatic carbocycles. The van der Waals surface area contributed by atoms with Crippen LogP contribution in [0.15, 0.2) is 30.8 Å². The molecule has 0 aliphatic rings. The van der Waals surface area contributed by atoms with E-state index in [0.29, 0.717) is 12.8 Å². The molecule has 0 aliphatic heterocycles. The van der Waals surface area contributed by atoms with Gasteiger partial charge in [-0.25, -0.2) is 0 Å². The number of hydrogen-bond acceptors (Lipinski definition) is 2. The van der Waals surface area contributed by atoms with E-state index in [0.717, 1.165) is 17.3 Å². The molecule has 1 aromatic carbocycles. The van der Waals surface area contributed by atoms with E-state index >= 15 is 0 Å². The molecule has 1 unspecified atom stereocenters. The summed E-state index contributed by atoms with van der Waals surface area (Å²) in [4.78, 5) is 0. The van der Waals surface area contributed by atoms with Crippen LogP contribution in [0.25, 0.3) is 6.08 Å². The number of hydrogen-bond donors (Lipinski definition) is 1. The minimum atomic E-state index is -4.11. The van der Waals surface area contributed by atoms with E-state index in [9.17, 15) is 13.0 Å². The number of benzene rings is 1. The molecule has 0 bridgehead atoms. The van der Waals surface area contributed by atoms with E-state index in [1.807, 2.05) is 24.3 Å². The molecule has 0 saturated heterocycles. The third kappa shape index (κ3) is 18.5. The van der Waals surface area contributed by atoms with Crippen LogP contribution in [0.2, 0.25) is 0 Å². The zero-order chi connectivity index (χ0) is 30.2. The molecule has 0 heterocycles. The molecule has 41 heavy (non-hydrogen) atoms. The Kier molecular flexibility index (Phi) is 22.2. The summed E-state index contributed by atoms with van der Waals surface area (Å²) in [6.07, 6.45) is 31.6. The number of rotatable bonds is 28. The maximum absolute atomic E-state index is 12.6. The van der Waals surface area contributed by atoms with Crippen molar-refractivity contribution in [1.82, 2.24) is 0 Å². The van der Waals surface area contributed by atoms with Crippen molar-refractivity contribution in [2.45, 2.75) is 154 Å². The Morgan fingerprint density at radius 2 is 1.05 bits per heavy atom. The van der Waals surface area contributed by atoms with Gasteiger partial charge in [0, 0.05) is 0 Å².